The van der Waals surface area contributed by atoms with Crippen LogP contribution in [0, 0.1) is 0 Å². The number of hydrogen-bond acceptors (Lipinski definition) is 4. The van der Waals surface area contributed by atoms with Gasteiger partial charge in [-0.15, -0.1) is 35.3 Å². The lowest BCUT2D eigenvalue weighted by Crippen LogP contribution is -2.39. The SMILES string of the molecule is CCNC(=NCc1cc(C(C)C)no1)NCC(C)c1cccs1.I. The fourth-order valence-electron chi connectivity index (χ4n) is 2.10. The first kappa shape index (κ1) is 21.0. The molecule has 0 aliphatic heterocycles. The Morgan fingerprint density at radius 3 is 2.71 bits per heavy atom. The summed E-state index contributed by atoms with van der Waals surface area (Å²) in [6.07, 6.45) is 0. The van der Waals surface area contributed by atoms with Crippen LogP contribution in [0.2, 0.25) is 0 Å². The van der Waals surface area contributed by atoms with E-state index in [-0.39, 0.29) is 24.0 Å². The first-order chi connectivity index (χ1) is 11.1. The summed E-state index contributed by atoms with van der Waals surface area (Å²) >= 11 is 1.79. The largest absolute Gasteiger partial charge is 0.359 e. The quantitative estimate of drug-likeness (QED) is 0.365. The zero-order chi connectivity index (χ0) is 16.7. The van der Waals surface area contributed by atoms with E-state index in [1.807, 2.05) is 6.07 Å². The van der Waals surface area contributed by atoms with Gasteiger partial charge in [0.2, 0.25) is 0 Å². The molecule has 24 heavy (non-hydrogen) atoms. The van der Waals surface area contributed by atoms with Crippen molar-refractivity contribution in [3.63, 3.8) is 0 Å². The van der Waals surface area contributed by atoms with E-state index in [2.05, 4.69) is 66.0 Å². The smallest absolute Gasteiger partial charge is 0.191 e. The highest BCUT2D eigenvalue weighted by molar-refractivity contribution is 14.0. The molecule has 2 aromatic rings. The van der Waals surface area contributed by atoms with Crippen LogP contribution in [0.4, 0.5) is 0 Å². The normalized spacial score (nSPS) is 12.8. The molecule has 0 bridgehead atoms. The van der Waals surface area contributed by atoms with Gasteiger partial charge in [0.25, 0.3) is 0 Å². The van der Waals surface area contributed by atoms with Crippen LogP contribution < -0.4 is 10.6 Å². The Bertz CT molecular complexity index is 610. The molecule has 1 unspecified atom stereocenters. The van der Waals surface area contributed by atoms with Crippen molar-refractivity contribution in [2.45, 2.75) is 46.1 Å². The van der Waals surface area contributed by atoms with E-state index in [1.54, 1.807) is 11.3 Å². The first-order valence-corrected chi connectivity index (χ1v) is 8.99. The molecule has 2 aromatic heterocycles. The molecule has 5 nitrogen and oxygen atoms in total. The summed E-state index contributed by atoms with van der Waals surface area (Å²) in [6, 6.07) is 6.24. The molecule has 7 heteroatoms. The predicted molar refractivity (Wildman–Crippen MR) is 112 cm³/mol. The van der Waals surface area contributed by atoms with Crippen molar-refractivity contribution in [1.82, 2.24) is 15.8 Å². The minimum Gasteiger partial charge on any atom is -0.359 e. The minimum absolute atomic E-state index is 0. The summed E-state index contributed by atoms with van der Waals surface area (Å²) in [5.41, 5.74) is 0.972. The summed E-state index contributed by atoms with van der Waals surface area (Å²) < 4.78 is 5.33. The fourth-order valence-corrected chi connectivity index (χ4v) is 2.88. The van der Waals surface area contributed by atoms with Gasteiger partial charge in [0.1, 0.15) is 6.54 Å². The number of aromatic nitrogens is 1. The third-order valence-electron chi connectivity index (χ3n) is 3.51. The molecule has 0 aliphatic rings. The lowest BCUT2D eigenvalue weighted by molar-refractivity contribution is 0.376. The molecular formula is C17H27IN4OS. The van der Waals surface area contributed by atoms with E-state index in [1.165, 1.54) is 4.88 Å². The maximum absolute atomic E-state index is 5.33. The van der Waals surface area contributed by atoms with E-state index in [0.717, 1.165) is 30.5 Å². The van der Waals surface area contributed by atoms with Gasteiger partial charge in [0, 0.05) is 30.0 Å². The van der Waals surface area contributed by atoms with Gasteiger partial charge in [0.15, 0.2) is 11.7 Å². The van der Waals surface area contributed by atoms with E-state index in [4.69, 9.17) is 4.52 Å². The molecule has 0 radical (unpaired) electrons. The Morgan fingerprint density at radius 2 is 2.12 bits per heavy atom. The number of guanidine groups is 1. The number of aliphatic imine (C=N–C) groups is 1. The van der Waals surface area contributed by atoms with Crippen molar-refractivity contribution >= 4 is 41.3 Å². The van der Waals surface area contributed by atoms with Gasteiger partial charge in [-0.3, -0.25) is 0 Å². The fraction of sp³-hybridized carbons (Fsp3) is 0.529. The molecule has 0 aromatic carbocycles. The molecule has 0 fully saturated rings. The molecule has 2 heterocycles. The third-order valence-corrected chi connectivity index (χ3v) is 4.61. The summed E-state index contributed by atoms with van der Waals surface area (Å²) in [5.74, 6) is 2.42. The monoisotopic (exact) mass is 462 g/mol. The average molecular weight is 462 g/mol. The molecule has 134 valence electrons. The van der Waals surface area contributed by atoms with Crippen LogP contribution in [0.3, 0.4) is 0 Å². The van der Waals surface area contributed by atoms with Crippen molar-refractivity contribution in [2.24, 2.45) is 4.99 Å². The summed E-state index contributed by atoms with van der Waals surface area (Å²) in [4.78, 5) is 5.95. The molecule has 0 spiro atoms. The minimum atomic E-state index is 0. The average Bonchev–Trinajstić information content (AvgIpc) is 3.20. The Hall–Kier alpha value is -1.09. The number of nitrogens with one attached hydrogen (secondary N) is 2. The highest BCUT2D eigenvalue weighted by Crippen LogP contribution is 2.19. The number of thiophene rings is 1. The number of hydrogen-bond donors (Lipinski definition) is 2. The second kappa shape index (κ2) is 10.7. The maximum atomic E-state index is 5.33. The van der Waals surface area contributed by atoms with Gasteiger partial charge in [0.05, 0.1) is 5.69 Å². The van der Waals surface area contributed by atoms with Gasteiger partial charge >= 0.3 is 0 Å². The first-order valence-electron chi connectivity index (χ1n) is 8.11. The van der Waals surface area contributed by atoms with Crippen molar-refractivity contribution in [1.29, 1.82) is 0 Å². The Morgan fingerprint density at radius 1 is 1.33 bits per heavy atom. The lowest BCUT2D eigenvalue weighted by Gasteiger charge is -2.14. The van der Waals surface area contributed by atoms with E-state index in [9.17, 15) is 0 Å². The van der Waals surface area contributed by atoms with Crippen LogP contribution in [0.15, 0.2) is 33.1 Å². The molecular weight excluding hydrogens is 435 g/mol. The summed E-state index contributed by atoms with van der Waals surface area (Å²) in [6.45, 7) is 10.6. The molecule has 1 atom stereocenters. The summed E-state index contributed by atoms with van der Waals surface area (Å²) in [7, 11) is 0. The Balaban J connectivity index is 0.00000288. The molecule has 2 rings (SSSR count). The van der Waals surface area contributed by atoms with Gasteiger partial charge in [-0.2, -0.15) is 0 Å². The lowest BCUT2D eigenvalue weighted by atomic mass is 10.1. The Labute approximate surface area is 165 Å². The van der Waals surface area contributed by atoms with Crippen LogP contribution in [0.25, 0.3) is 0 Å². The van der Waals surface area contributed by atoms with Crippen LogP contribution in [0.5, 0.6) is 0 Å². The molecule has 0 amide bonds. The molecule has 2 N–H and O–H groups in total. The van der Waals surface area contributed by atoms with Gasteiger partial charge in [-0.05, 0) is 24.3 Å². The van der Waals surface area contributed by atoms with Crippen molar-refractivity contribution < 1.29 is 4.52 Å². The molecule has 0 saturated heterocycles. The zero-order valence-corrected chi connectivity index (χ0v) is 17.9. The summed E-state index contributed by atoms with van der Waals surface area (Å²) in [5, 5.41) is 12.8. The number of nitrogens with zero attached hydrogens (tertiary/aromatic N) is 2. The molecule has 0 aliphatic carbocycles. The van der Waals surface area contributed by atoms with Crippen LogP contribution in [-0.2, 0) is 6.54 Å². The van der Waals surface area contributed by atoms with Crippen molar-refractivity contribution in [2.75, 3.05) is 13.1 Å². The van der Waals surface area contributed by atoms with Gasteiger partial charge < -0.3 is 15.2 Å². The van der Waals surface area contributed by atoms with E-state index < -0.39 is 0 Å². The second-order valence-electron chi connectivity index (χ2n) is 5.87. The van der Waals surface area contributed by atoms with Crippen molar-refractivity contribution in [3.05, 3.63) is 39.9 Å². The topological polar surface area (TPSA) is 62.5 Å². The van der Waals surface area contributed by atoms with Crippen molar-refractivity contribution in [3.8, 4) is 0 Å². The molecule has 0 saturated carbocycles. The highest BCUT2D eigenvalue weighted by Gasteiger charge is 2.09. The van der Waals surface area contributed by atoms with Gasteiger partial charge in [-0.25, -0.2) is 4.99 Å². The van der Waals surface area contributed by atoms with Crippen LogP contribution in [0.1, 0.15) is 55.9 Å². The third kappa shape index (κ3) is 6.43. The second-order valence-corrected chi connectivity index (χ2v) is 6.84. The zero-order valence-electron chi connectivity index (χ0n) is 14.7. The van der Waals surface area contributed by atoms with Crippen LogP contribution in [-0.4, -0.2) is 24.2 Å². The van der Waals surface area contributed by atoms with Gasteiger partial charge in [-0.1, -0.05) is 32.0 Å². The van der Waals surface area contributed by atoms with E-state index in [0.29, 0.717) is 18.4 Å². The Kier molecular flexibility index (Phi) is 9.35. The highest BCUT2D eigenvalue weighted by atomic mass is 127. The number of rotatable bonds is 7. The predicted octanol–water partition coefficient (Wildman–Crippen LogP) is 4.34. The van der Waals surface area contributed by atoms with E-state index >= 15 is 0 Å². The van der Waals surface area contributed by atoms with Crippen LogP contribution >= 0.6 is 35.3 Å². The number of halogens is 1. The standard InChI is InChI=1S/C17H26N4OS.HI/c1-5-18-17(19-10-13(4)16-7-6-8-23-16)20-11-14-9-15(12(2)3)21-22-14;/h6-9,12-13H,5,10-11H2,1-4H3,(H2,18,19,20);1H. The maximum Gasteiger partial charge on any atom is 0.191 e.